The minimum absolute atomic E-state index is 0.0130. The molecule has 0 spiro atoms. The molecule has 2 rings (SSSR count). The fraction of sp³-hybridized carbons (Fsp3) is 0. The Morgan fingerprint density at radius 1 is 1.47 bits per heavy atom. The third kappa shape index (κ3) is 1.75. The summed E-state index contributed by atoms with van der Waals surface area (Å²) in [5, 5.41) is 18.1. The molecule has 0 atom stereocenters. The number of non-ortho nitro benzene ring substituents is 1. The zero-order valence-corrected chi connectivity index (χ0v) is 7.57. The highest BCUT2D eigenvalue weighted by Crippen LogP contribution is 2.20. The zero-order valence-electron chi connectivity index (χ0n) is 7.57. The molecule has 0 bridgehead atoms. The van der Waals surface area contributed by atoms with E-state index in [2.05, 4.69) is 10.2 Å². The Balaban J connectivity index is 2.45. The molecule has 2 aromatic rings. The number of nitrogens with two attached hydrogens (primary N) is 1. The van der Waals surface area contributed by atoms with Crippen LogP contribution in [0.25, 0.3) is 11.3 Å². The van der Waals surface area contributed by atoms with E-state index in [1.165, 1.54) is 18.3 Å². The van der Waals surface area contributed by atoms with Gasteiger partial charge in [0.1, 0.15) is 5.69 Å². The number of benzene rings is 1. The van der Waals surface area contributed by atoms with Gasteiger partial charge in [-0.05, 0) is 0 Å². The lowest BCUT2D eigenvalue weighted by atomic mass is 10.1. The third-order valence-electron chi connectivity index (χ3n) is 1.86. The second kappa shape index (κ2) is 3.37. The van der Waals surface area contributed by atoms with Gasteiger partial charge in [-0.25, -0.2) is 0 Å². The van der Waals surface area contributed by atoms with Gasteiger partial charge in [0.05, 0.1) is 11.1 Å². The molecule has 7 nitrogen and oxygen atoms in total. The van der Waals surface area contributed by atoms with Crippen LogP contribution in [0.1, 0.15) is 0 Å². The smallest absolute Gasteiger partial charge is 0.270 e. The fourth-order valence-corrected chi connectivity index (χ4v) is 1.19. The quantitative estimate of drug-likeness (QED) is 0.438. The average Bonchev–Trinajstić information content (AvgIpc) is 2.65. The number of hydrogen-bond acceptors (Lipinski definition) is 5. The minimum atomic E-state index is -0.462. The molecule has 1 heterocycles. The first kappa shape index (κ1) is 9.13. The van der Waals surface area contributed by atoms with Crippen LogP contribution in [0.4, 0.5) is 5.69 Å². The van der Waals surface area contributed by atoms with Gasteiger partial charge in [0.25, 0.3) is 5.69 Å². The Labute approximate surface area is 84.2 Å². The predicted octanol–water partition coefficient (Wildman–Crippen LogP) is 0.567. The maximum atomic E-state index is 10.5. The number of nitro groups is 1. The van der Waals surface area contributed by atoms with Gasteiger partial charge in [-0.15, -0.1) is 10.2 Å². The highest BCUT2D eigenvalue weighted by molar-refractivity contribution is 5.61. The summed E-state index contributed by atoms with van der Waals surface area (Å²) in [5.74, 6) is 5.27. The first-order chi connectivity index (χ1) is 7.16. The summed E-state index contributed by atoms with van der Waals surface area (Å²) in [7, 11) is 0. The van der Waals surface area contributed by atoms with Crippen LogP contribution in [0.2, 0.25) is 0 Å². The number of rotatable bonds is 2. The van der Waals surface area contributed by atoms with Crippen LogP contribution in [-0.4, -0.2) is 20.0 Å². The Morgan fingerprint density at radius 2 is 2.27 bits per heavy atom. The second-order valence-corrected chi connectivity index (χ2v) is 2.86. The summed E-state index contributed by atoms with van der Waals surface area (Å²) in [6.45, 7) is 0. The molecule has 15 heavy (non-hydrogen) atoms. The first-order valence-electron chi connectivity index (χ1n) is 4.09. The number of nitrogens with zero attached hydrogens (tertiary/aromatic N) is 4. The monoisotopic (exact) mass is 205 g/mol. The molecular weight excluding hydrogens is 198 g/mol. The first-order valence-corrected chi connectivity index (χ1v) is 4.09. The number of nitrogen functional groups attached to an aromatic ring is 1. The van der Waals surface area contributed by atoms with Crippen molar-refractivity contribution < 1.29 is 4.92 Å². The van der Waals surface area contributed by atoms with Gasteiger partial charge in [0, 0.05) is 17.7 Å². The van der Waals surface area contributed by atoms with Crippen molar-refractivity contribution in [1.82, 2.24) is 15.1 Å². The van der Waals surface area contributed by atoms with E-state index >= 15 is 0 Å². The highest BCUT2D eigenvalue weighted by Gasteiger charge is 2.08. The maximum Gasteiger partial charge on any atom is 0.270 e. The van der Waals surface area contributed by atoms with E-state index in [9.17, 15) is 10.1 Å². The Morgan fingerprint density at radius 3 is 2.87 bits per heavy atom. The number of aromatic nitrogens is 3. The zero-order chi connectivity index (χ0) is 10.8. The van der Waals surface area contributed by atoms with E-state index in [1.54, 1.807) is 12.1 Å². The van der Waals surface area contributed by atoms with Crippen LogP contribution in [0.15, 0.2) is 30.5 Å². The largest absolute Gasteiger partial charge is 0.306 e. The predicted molar refractivity (Wildman–Crippen MR) is 52.3 cm³/mol. The standard InChI is InChI=1S/C8H7N5O2/c9-13-10-5-8(11-13)6-2-1-3-7(4-6)12(14)15/h1-5H,9H2. The van der Waals surface area contributed by atoms with Crippen molar-refractivity contribution in [2.45, 2.75) is 0 Å². The molecule has 1 aromatic heterocycles. The van der Waals surface area contributed by atoms with Crippen molar-refractivity contribution in [3.8, 4) is 11.3 Å². The summed E-state index contributed by atoms with van der Waals surface area (Å²) in [5.41, 5.74) is 1.13. The summed E-state index contributed by atoms with van der Waals surface area (Å²) < 4.78 is 0. The molecule has 0 saturated carbocycles. The van der Waals surface area contributed by atoms with Crippen molar-refractivity contribution in [2.75, 3.05) is 5.84 Å². The number of hydrogen-bond donors (Lipinski definition) is 1. The molecule has 1 aromatic carbocycles. The second-order valence-electron chi connectivity index (χ2n) is 2.86. The molecule has 0 aliphatic rings. The summed E-state index contributed by atoms with van der Waals surface area (Å²) in [6, 6.07) is 6.13. The van der Waals surface area contributed by atoms with Crippen molar-refractivity contribution in [3.05, 3.63) is 40.6 Å². The van der Waals surface area contributed by atoms with E-state index in [0.717, 1.165) is 4.91 Å². The maximum absolute atomic E-state index is 10.5. The Hall–Kier alpha value is -2.44. The van der Waals surface area contributed by atoms with E-state index in [0.29, 0.717) is 11.3 Å². The van der Waals surface area contributed by atoms with Crippen molar-refractivity contribution >= 4 is 5.69 Å². The van der Waals surface area contributed by atoms with E-state index in [1.807, 2.05) is 0 Å². The van der Waals surface area contributed by atoms with Gasteiger partial charge in [0.2, 0.25) is 0 Å². The van der Waals surface area contributed by atoms with Crippen molar-refractivity contribution in [3.63, 3.8) is 0 Å². The summed E-state index contributed by atoms with van der Waals surface area (Å²) in [4.78, 5) is 11.0. The molecule has 0 aliphatic carbocycles. The topological polar surface area (TPSA) is 99.9 Å². The molecule has 7 heteroatoms. The van der Waals surface area contributed by atoms with Gasteiger partial charge in [0.15, 0.2) is 0 Å². The minimum Gasteiger partial charge on any atom is -0.306 e. The van der Waals surface area contributed by atoms with E-state index in [-0.39, 0.29) is 5.69 Å². The fourth-order valence-electron chi connectivity index (χ4n) is 1.19. The highest BCUT2D eigenvalue weighted by atomic mass is 16.6. The van der Waals surface area contributed by atoms with Gasteiger partial charge in [-0.3, -0.25) is 10.1 Å². The van der Waals surface area contributed by atoms with E-state index in [4.69, 9.17) is 5.84 Å². The van der Waals surface area contributed by atoms with Gasteiger partial charge in [-0.2, -0.15) is 0 Å². The van der Waals surface area contributed by atoms with Crippen LogP contribution in [-0.2, 0) is 0 Å². The van der Waals surface area contributed by atoms with Crippen LogP contribution >= 0.6 is 0 Å². The third-order valence-corrected chi connectivity index (χ3v) is 1.86. The van der Waals surface area contributed by atoms with Crippen LogP contribution in [0, 0.1) is 10.1 Å². The molecule has 76 valence electrons. The Kier molecular flexibility index (Phi) is 2.05. The van der Waals surface area contributed by atoms with Crippen molar-refractivity contribution in [2.24, 2.45) is 0 Å². The van der Waals surface area contributed by atoms with Crippen molar-refractivity contribution in [1.29, 1.82) is 0 Å². The lowest BCUT2D eigenvalue weighted by molar-refractivity contribution is -0.384. The normalized spacial score (nSPS) is 10.1. The van der Waals surface area contributed by atoms with Gasteiger partial charge < -0.3 is 5.84 Å². The molecule has 0 amide bonds. The SMILES string of the molecule is Nn1ncc(-c2cccc([N+](=O)[O-])c2)n1. The molecule has 0 unspecified atom stereocenters. The lowest BCUT2D eigenvalue weighted by Gasteiger charge is -1.95. The van der Waals surface area contributed by atoms with Crippen LogP contribution in [0.3, 0.4) is 0 Å². The molecule has 0 radical (unpaired) electrons. The lowest BCUT2D eigenvalue weighted by Crippen LogP contribution is -2.11. The molecular formula is C8H7N5O2. The van der Waals surface area contributed by atoms with Crippen LogP contribution < -0.4 is 5.84 Å². The Bertz CT molecular complexity index is 507. The average molecular weight is 205 g/mol. The summed E-state index contributed by atoms with van der Waals surface area (Å²) >= 11 is 0. The summed E-state index contributed by atoms with van der Waals surface area (Å²) in [6.07, 6.45) is 1.44. The molecule has 0 fully saturated rings. The van der Waals surface area contributed by atoms with Gasteiger partial charge in [-0.1, -0.05) is 17.0 Å². The molecule has 0 saturated heterocycles. The molecule has 0 aliphatic heterocycles. The molecule has 2 N–H and O–H groups in total. The van der Waals surface area contributed by atoms with Crippen LogP contribution in [0.5, 0.6) is 0 Å². The van der Waals surface area contributed by atoms with E-state index < -0.39 is 4.92 Å². The number of nitro benzene ring substituents is 1. The van der Waals surface area contributed by atoms with Gasteiger partial charge >= 0.3 is 0 Å².